The van der Waals surface area contributed by atoms with Gasteiger partial charge in [-0.3, -0.25) is 0 Å². The van der Waals surface area contributed by atoms with Gasteiger partial charge in [0.05, 0.1) is 0 Å². The Balaban J connectivity index is 0.000000292. The van der Waals surface area contributed by atoms with E-state index >= 15 is 0 Å². The maximum atomic E-state index is 12.0. The molecule has 1 aromatic carbocycles. The van der Waals surface area contributed by atoms with Gasteiger partial charge in [0.2, 0.25) is 0 Å². The highest BCUT2D eigenvalue weighted by atomic mass is 35.5. The van der Waals surface area contributed by atoms with Crippen LogP contribution in [0.1, 0.15) is 20.3 Å². The van der Waals surface area contributed by atoms with Crippen LogP contribution in [0.3, 0.4) is 0 Å². The fourth-order valence-electron chi connectivity index (χ4n) is 0.430. The topological polar surface area (TPSA) is 0 Å². The van der Waals surface area contributed by atoms with Crippen molar-refractivity contribution in [1.82, 2.24) is 0 Å². The highest BCUT2D eigenvalue weighted by Gasteiger charge is 1.85. The molecule has 0 saturated heterocycles. The molecule has 0 unspecified atom stereocenters. The van der Waals surface area contributed by atoms with Gasteiger partial charge >= 0.3 is 0 Å². The second-order valence-corrected chi connectivity index (χ2v) is 2.58. The summed E-state index contributed by atoms with van der Waals surface area (Å²) >= 11 is 5.44. The van der Waals surface area contributed by atoms with Gasteiger partial charge < -0.3 is 0 Å². The van der Waals surface area contributed by atoms with Gasteiger partial charge in [-0.25, -0.2) is 4.39 Å². The van der Waals surface area contributed by atoms with Crippen LogP contribution in [0.2, 0.25) is 5.02 Å². The number of benzene rings is 1. The van der Waals surface area contributed by atoms with Crippen molar-refractivity contribution in [2.45, 2.75) is 20.3 Å². The van der Waals surface area contributed by atoms with Gasteiger partial charge in [0, 0.05) is 5.02 Å². The summed E-state index contributed by atoms with van der Waals surface area (Å²) in [6.45, 7) is 4.25. The molecule has 0 N–H and O–H groups in total. The molecule has 0 aromatic heterocycles. The van der Waals surface area contributed by atoms with Gasteiger partial charge in [-0.05, 0) is 24.3 Å². The summed E-state index contributed by atoms with van der Waals surface area (Å²) in [6.07, 6.45) is 1.25. The zero-order chi connectivity index (χ0) is 8.69. The second-order valence-electron chi connectivity index (χ2n) is 2.14. The van der Waals surface area contributed by atoms with Gasteiger partial charge in [0.25, 0.3) is 0 Å². The van der Waals surface area contributed by atoms with Crippen LogP contribution in [0.5, 0.6) is 0 Å². The first kappa shape index (κ1) is 10.4. The standard InChI is InChI=1S/C6H4ClF.C3H8/c7-5-1-3-6(8)4-2-5;1-3-2/h1-4H;3H2,1-2H3. The minimum Gasteiger partial charge on any atom is -0.207 e. The zero-order valence-electron chi connectivity index (χ0n) is 6.77. The van der Waals surface area contributed by atoms with Crippen molar-refractivity contribution < 1.29 is 4.39 Å². The van der Waals surface area contributed by atoms with E-state index in [1.807, 2.05) is 0 Å². The third-order valence-corrected chi connectivity index (χ3v) is 1.06. The molecule has 0 spiro atoms. The van der Waals surface area contributed by atoms with E-state index in [0.717, 1.165) is 0 Å². The third kappa shape index (κ3) is 5.86. The van der Waals surface area contributed by atoms with Crippen molar-refractivity contribution in [3.63, 3.8) is 0 Å². The SMILES string of the molecule is CCC.Fc1ccc(Cl)cc1. The van der Waals surface area contributed by atoms with Crippen molar-refractivity contribution in [1.29, 1.82) is 0 Å². The Morgan fingerprint density at radius 2 is 1.55 bits per heavy atom. The molecule has 62 valence electrons. The van der Waals surface area contributed by atoms with E-state index in [1.54, 1.807) is 0 Å². The fourth-order valence-corrected chi connectivity index (χ4v) is 0.556. The molecule has 0 fully saturated rings. The molecule has 2 heteroatoms. The molecule has 0 atom stereocenters. The maximum absolute atomic E-state index is 12.0. The molecule has 0 aliphatic rings. The fraction of sp³-hybridized carbons (Fsp3) is 0.333. The molecule has 0 heterocycles. The molecule has 0 aliphatic heterocycles. The first-order valence-electron chi connectivity index (χ1n) is 3.61. The third-order valence-electron chi connectivity index (χ3n) is 0.804. The quantitative estimate of drug-likeness (QED) is 0.560. The smallest absolute Gasteiger partial charge is 0.123 e. The number of hydrogen-bond acceptors (Lipinski definition) is 0. The Bertz CT molecular complexity index is 160. The predicted molar refractivity (Wildman–Crippen MR) is 47.4 cm³/mol. The molecular weight excluding hydrogens is 163 g/mol. The molecule has 0 amide bonds. The first-order chi connectivity index (χ1) is 5.20. The van der Waals surface area contributed by atoms with Crippen LogP contribution in [-0.2, 0) is 0 Å². The molecule has 11 heavy (non-hydrogen) atoms. The molecule has 0 bridgehead atoms. The Hall–Kier alpha value is -0.560. The number of halogens is 2. The summed E-state index contributed by atoms with van der Waals surface area (Å²) in [5.41, 5.74) is 0. The monoisotopic (exact) mass is 174 g/mol. The summed E-state index contributed by atoms with van der Waals surface area (Å²) in [5.74, 6) is -0.255. The molecule has 0 saturated carbocycles. The van der Waals surface area contributed by atoms with E-state index in [4.69, 9.17) is 11.6 Å². The molecule has 0 aliphatic carbocycles. The highest BCUT2D eigenvalue weighted by Crippen LogP contribution is 2.07. The summed E-state index contributed by atoms with van der Waals surface area (Å²) < 4.78 is 12.0. The van der Waals surface area contributed by atoms with E-state index in [9.17, 15) is 4.39 Å². The summed E-state index contributed by atoms with van der Waals surface area (Å²) in [6, 6.07) is 5.67. The van der Waals surface area contributed by atoms with E-state index < -0.39 is 0 Å². The number of hydrogen-bond donors (Lipinski definition) is 0. The van der Waals surface area contributed by atoms with Crippen LogP contribution in [-0.4, -0.2) is 0 Å². The molecule has 0 radical (unpaired) electrons. The van der Waals surface area contributed by atoms with Crippen molar-refractivity contribution in [3.05, 3.63) is 35.1 Å². The van der Waals surface area contributed by atoms with E-state index in [2.05, 4.69) is 13.8 Å². The normalized spacial score (nSPS) is 8.36. The number of rotatable bonds is 0. The largest absolute Gasteiger partial charge is 0.207 e. The summed E-state index contributed by atoms with van der Waals surface area (Å²) in [5, 5.41) is 0.561. The zero-order valence-corrected chi connectivity index (χ0v) is 7.53. The van der Waals surface area contributed by atoms with Gasteiger partial charge in [0.15, 0.2) is 0 Å². The van der Waals surface area contributed by atoms with Crippen molar-refractivity contribution >= 4 is 11.6 Å². The lowest BCUT2D eigenvalue weighted by Gasteiger charge is -1.84. The first-order valence-corrected chi connectivity index (χ1v) is 3.99. The van der Waals surface area contributed by atoms with Crippen LogP contribution in [0.15, 0.2) is 24.3 Å². The minimum absolute atomic E-state index is 0.255. The molecule has 0 nitrogen and oxygen atoms in total. The van der Waals surface area contributed by atoms with Crippen LogP contribution < -0.4 is 0 Å². The van der Waals surface area contributed by atoms with Crippen LogP contribution >= 0.6 is 11.6 Å². The van der Waals surface area contributed by atoms with Crippen molar-refractivity contribution in [3.8, 4) is 0 Å². The Kier molecular flexibility index (Phi) is 5.86. The van der Waals surface area contributed by atoms with Crippen molar-refractivity contribution in [2.24, 2.45) is 0 Å². The van der Waals surface area contributed by atoms with Gasteiger partial charge in [-0.2, -0.15) is 0 Å². The van der Waals surface area contributed by atoms with Crippen molar-refractivity contribution in [2.75, 3.05) is 0 Å². The van der Waals surface area contributed by atoms with Crippen LogP contribution in [0.25, 0.3) is 0 Å². The summed E-state index contributed by atoms with van der Waals surface area (Å²) in [4.78, 5) is 0. The summed E-state index contributed by atoms with van der Waals surface area (Å²) in [7, 11) is 0. The predicted octanol–water partition coefficient (Wildman–Crippen LogP) is 3.90. The van der Waals surface area contributed by atoms with E-state index in [1.165, 1.54) is 30.7 Å². The Morgan fingerprint density at radius 3 is 1.82 bits per heavy atom. The lowest BCUT2D eigenvalue weighted by Crippen LogP contribution is -1.67. The van der Waals surface area contributed by atoms with E-state index in [0.29, 0.717) is 5.02 Å². The average molecular weight is 175 g/mol. The van der Waals surface area contributed by atoms with Gasteiger partial charge in [0.1, 0.15) is 5.82 Å². The maximum Gasteiger partial charge on any atom is 0.123 e. The lowest BCUT2D eigenvalue weighted by molar-refractivity contribution is 0.628. The molecular formula is C9H12ClF. The average Bonchev–Trinajstić information content (AvgIpc) is 1.97. The molecule has 1 rings (SSSR count). The molecule has 1 aromatic rings. The van der Waals surface area contributed by atoms with Gasteiger partial charge in [-0.15, -0.1) is 0 Å². The van der Waals surface area contributed by atoms with Crippen LogP contribution in [0.4, 0.5) is 4.39 Å². The van der Waals surface area contributed by atoms with Gasteiger partial charge in [-0.1, -0.05) is 31.9 Å². The highest BCUT2D eigenvalue weighted by molar-refractivity contribution is 6.30. The van der Waals surface area contributed by atoms with Crippen LogP contribution in [0, 0.1) is 5.82 Å². The second kappa shape index (κ2) is 6.17. The Morgan fingerprint density at radius 1 is 1.18 bits per heavy atom. The van der Waals surface area contributed by atoms with E-state index in [-0.39, 0.29) is 5.82 Å². The minimum atomic E-state index is -0.255. The Labute approximate surface area is 72.0 Å². The lowest BCUT2D eigenvalue weighted by atomic mass is 10.4.